The number of likely N-dealkylation sites (tertiary alicyclic amines) is 2. The maximum absolute atomic E-state index is 14.0. The number of aryl methyl sites for hydroxylation is 1. The van der Waals surface area contributed by atoms with Crippen molar-refractivity contribution >= 4 is 39.9 Å². The van der Waals surface area contributed by atoms with Gasteiger partial charge in [-0.1, -0.05) is 78.3 Å². The van der Waals surface area contributed by atoms with Crippen molar-refractivity contribution in [2.24, 2.45) is 34.4 Å². The minimum absolute atomic E-state index is 0.0497. The predicted molar refractivity (Wildman–Crippen MR) is 250 cm³/mol. The molecule has 11 nitrogen and oxygen atoms in total. The topological polar surface area (TPSA) is 141 Å². The Hall–Kier alpha value is -4.45. The molecule has 2 saturated heterocycles. The van der Waals surface area contributed by atoms with Gasteiger partial charge < -0.3 is 35.3 Å². The van der Waals surface area contributed by atoms with Crippen LogP contribution in [0.15, 0.2) is 59.1 Å². The molecule has 8 unspecified atom stereocenters. The molecule has 0 bridgehead atoms. The van der Waals surface area contributed by atoms with Crippen LogP contribution in [0.2, 0.25) is 0 Å². The molecule has 0 spiro atoms. The zero-order valence-corrected chi connectivity index (χ0v) is 38.4. The van der Waals surface area contributed by atoms with E-state index in [0.717, 1.165) is 87.8 Å². The van der Waals surface area contributed by atoms with Crippen LogP contribution >= 0.6 is 0 Å². The summed E-state index contributed by atoms with van der Waals surface area (Å²) >= 11 is 0. The van der Waals surface area contributed by atoms with Crippen molar-refractivity contribution in [3.8, 4) is 0 Å². The number of rotatable bonds is 13. The highest BCUT2D eigenvalue weighted by Gasteiger charge is 2.41. The Balaban J connectivity index is 1.05. The Morgan fingerprint density at radius 2 is 1.76 bits per heavy atom. The molecule has 3 aromatic rings. The number of hydrogen-bond acceptors (Lipinski definition) is 7. The summed E-state index contributed by atoms with van der Waals surface area (Å²) in [5.41, 5.74) is 18.9. The Kier molecular flexibility index (Phi) is 13.1. The number of carbonyl (C=O) groups is 2. The number of nitrogens with two attached hydrogens (primary N) is 1. The Labute approximate surface area is 368 Å². The number of H-pyrrole nitrogens is 1. The number of hydrogen-bond donors (Lipinski definition) is 4. The molecule has 62 heavy (non-hydrogen) atoms. The van der Waals surface area contributed by atoms with Gasteiger partial charge in [-0.3, -0.25) is 14.7 Å². The summed E-state index contributed by atoms with van der Waals surface area (Å²) in [5.74, 6) is 1.09. The number of methoxy groups -OCH3 is 1. The first-order valence-corrected chi connectivity index (χ1v) is 23.8. The van der Waals surface area contributed by atoms with Crippen molar-refractivity contribution < 1.29 is 19.4 Å². The van der Waals surface area contributed by atoms with Gasteiger partial charge in [0.25, 0.3) is 0 Å². The van der Waals surface area contributed by atoms with Gasteiger partial charge in [0.2, 0.25) is 5.91 Å². The molecule has 6 heterocycles. The molecule has 11 heteroatoms. The highest BCUT2D eigenvalue weighted by atomic mass is 16.5. The fraction of sp³-hybridized carbons (Fsp3) is 0.588. The molecular weight excluding hydrogens is 775 g/mol. The van der Waals surface area contributed by atoms with E-state index in [4.69, 9.17) is 15.5 Å². The largest absolute Gasteiger partial charge is 0.453 e. The molecule has 1 aromatic carbocycles. The summed E-state index contributed by atoms with van der Waals surface area (Å²) in [6, 6.07) is 10.8. The third-order valence-corrected chi connectivity index (χ3v) is 15.0. The summed E-state index contributed by atoms with van der Waals surface area (Å²) in [6.07, 6.45) is 14.6. The van der Waals surface area contributed by atoms with E-state index in [2.05, 4.69) is 103 Å². The van der Waals surface area contributed by atoms with Gasteiger partial charge in [-0.05, 0) is 111 Å². The molecule has 2 amide bonds. The quantitative estimate of drug-likeness (QED) is 0.135. The number of aliphatic hydroxyl groups excluding tert-OH is 1. The van der Waals surface area contributed by atoms with E-state index in [1.165, 1.54) is 51.8 Å². The summed E-state index contributed by atoms with van der Waals surface area (Å²) in [6.45, 7) is 17.3. The standard InChI is InChI=1S/C51H71N7O4/c1-9-31-17-20-39(53-47(31)42-14-12-22-56(42)49(59)45(52)29(4)5)34-18-21-41-36(24-34)27-44-37-19-16-35(25-38(37)33(11-3)28-58(41)44)40-26-32(10-2)48(54-40)43-15-13-23-57(43)50(60)46(30(6)7)55-51(61)62-8/h16,18-21,24,26-27,29-31,33,35,42-43,45-46,49,54,59H,9-15,17,22-23,25,28,52H2,1-8H3,(H,55,61). The van der Waals surface area contributed by atoms with Gasteiger partial charge >= 0.3 is 6.09 Å². The lowest BCUT2D eigenvalue weighted by Gasteiger charge is -2.37. The lowest BCUT2D eigenvalue weighted by atomic mass is 9.77. The second-order valence-corrected chi connectivity index (χ2v) is 19.3. The second kappa shape index (κ2) is 18.3. The number of nitrogens with one attached hydrogen (secondary N) is 2. The fourth-order valence-electron chi connectivity index (χ4n) is 11.2. The highest BCUT2D eigenvalue weighted by molar-refractivity contribution is 5.99. The van der Waals surface area contributed by atoms with Crippen molar-refractivity contribution in [3.05, 3.63) is 82.3 Å². The smallest absolute Gasteiger partial charge is 0.407 e. The van der Waals surface area contributed by atoms with E-state index in [9.17, 15) is 14.7 Å². The first-order valence-electron chi connectivity index (χ1n) is 23.8. The molecule has 0 radical (unpaired) electrons. The van der Waals surface area contributed by atoms with E-state index in [1.807, 2.05) is 18.7 Å². The molecule has 2 fully saturated rings. The molecule has 1 aliphatic carbocycles. The fourth-order valence-corrected chi connectivity index (χ4v) is 11.2. The van der Waals surface area contributed by atoms with Crippen molar-refractivity contribution in [1.29, 1.82) is 0 Å². The number of benzene rings is 1. The number of nitrogens with zero attached hydrogens (tertiary/aromatic N) is 4. The molecule has 4 aliphatic heterocycles. The molecule has 5 N–H and O–H groups in total. The van der Waals surface area contributed by atoms with Crippen LogP contribution in [0.1, 0.15) is 140 Å². The number of carbonyl (C=O) groups excluding carboxylic acids is 2. The van der Waals surface area contributed by atoms with Gasteiger partial charge in [-0.25, -0.2) is 4.79 Å². The molecular formula is C51H71N7O4. The number of amides is 2. The molecule has 2 aromatic heterocycles. The SMILES string of the molecule is CCc1cc(C2C=CC3=C(C2)C(CC)Cn2c3cc3cc(C4=CCC(CC)C(C5CCCN5C(O)C(N)C(C)C)=N4)ccc32)[nH]c1C1CCCN1C(=O)C(NC(=O)OC)C(C)C. The third-order valence-electron chi connectivity index (χ3n) is 15.0. The average Bonchev–Trinajstić information content (AvgIpc) is 4.12. The Bertz CT molecular complexity index is 2280. The van der Waals surface area contributed by atoms with Crippen LogP contribution in [0.5, 0.6) is 0 Å². The highest BCUT2D eigenvalue weighted by Crippen LogP contribution is 2.46. The normalized spacial score (nSPS) is 25.5. The van der Waals surface area contributed by atoms with Crippen LogP contribution in [-0.4, -0.2) is 86.7 Å². The van der Waals surface area contributed by atoms with Crippen LogP contribution in [0.4, 0.5) is 4.79 Å². The number of aliphatic hydroxyl groups is 1. The van der Waals surface area contributed by atoms with Gasteiger partial charge in [0.15, 0.2) is 0 Å². The molecule has 0 saturated carbocycles. The first kappa shape index (κ1) is 44.2. The van der Waals surface area contributed by atoms with Gasteiger partial charge in [0.1, 0.15) is 12.3 Å². The van der Waals surface area contributed by atoms with Crippen LogP contribution in [0.25, 0.3) is 22.2 Å². The van der Waals surface area contributed by atoms with E-state index < -0.39 is 18.4 Å². The lowest BCUT2D eigenvalue weighted by molar-refractivity contribution is -0.135. The summed E-state index contributed by atoms with van der Waals surface area (Å²) in [4.78, 5) is 39.7. The third kappa shape index (κ3) is 8.13. The van der Waals surface area contributed by atoms with Crippen molar-refractivity contribution in [1.82, 2.24) is 24.7 Å². The van der Waals surface area contributed by atoms with Crippen LogP contribution in [-0.2, 0) is 22.5 Å². The molecule has 334 valence electrons. The van der Waals surface area contributed by atoms with Crippen LogP contribution in [0, 0.1) is 23.7 Å². The van der Waals surface area contributed by atoms with E-state index >= 15 is 0 Å². The van der Waals surface area contributed by atoms with E-state index in [0.29, 0.717) is 18.4 Å². The number of allylic oxidation sites excluding steroid dienone is 5. The van der Waals surface area contributed by atoms with E-state index in [1.54, 1.807) is 0 Å². The monoisotopic (exact) mass is 846 g/mol. The maximum atomic E-state index is 14.0. The zero-order valence-electron chi connectivity index (χ0n) is 38.4. The van der Waals surface area contributed by atoms with Crippen LogP contribution < -0.4 is 11.1 Å². The predicted octanol–water partition coefficient (Wildman–Crippen LogP) is 9.09. The number of alkyl carbamates (subject to hydrolysis) is 1. The first-order chi connectivity index (χ1) is 29.9. The minimum Gasteiger partial charge on any atom is -0.453 e. The molecule has 5 aliphatic rings. The minimum atomic E-state index is -0.674. The van der Waals surface area contributed by atoms with Gasteiger partial charge in [-0.15, -0.1) is 0 Å². The Morgan fingerprint density at radius 3 is 2.47 bits per heavy atom. The summed E-state index contributed by atoms with van der Waals surface area (Å²) < 4.78 is 7.40. The number of aromatic nitrogens is 2. The van der Waals surface area contributed by atoms with E-state index in [-0.39, 0.29) is 41.8 Å². The maximum Gasteiger partial charge on any atom is 0.407 e. The number of ether oxygens (including phenoxy) is 1. The zero-order chi connectivity index (χ0) is 44.0. The summed E-state index contributed by atoms with van der Waals surface area (Å²) in [5, 5.41) is 15.4. The van der Waals surface area contributed by atoms with Gasteiger partial charge in [0, 0.05) is 76.8 Å². The Morgan fingerprint density at radius 1 is 1.00 bits per heavy atom. The lowest BCUT2D eigenvalue weighted by Crippen LogP contribution is -2.54. The van der Waals surface area contributed by atoms with Crippen molar-refractivity contribution in [2.75, 3.05) is 20.2 Å². The average molecular weight is 846 g/mol. The number of aliphatic imine (C=N–C) groups is 1. The van der Waals surface area contributed by atoms with Crippen molar-refractivity contribution in [2.45, 2.75) is 149 Å². The number of aromatic amines is 1. The van der Waals surface area contributed by atoms with Crippen molar-refractivity contribution in [3.63, 3.8) is 0 Å². The summed E-state index contributed by atoms with van der Waals surface area (Å²) in [7, 11) is 1.33. The molecule has 8 atom stereocenters. The van der Waals surface area contributed by atoms with Gasteiger partial charge in [0.05, 0.1) is 24.9 Å². The number of fused-ring (bicyclic) bond motifs is 4. The second-order valence-electron chi connectivity index (χ2n) is 19.3. The van der Waals surface area contributed by atoms with Gasteiger partial charge in [-0.2, -0.15) is 0 Å². The molecule has 8 rings (SSSR count). The van der Waals surface area contributed by atoms with Crippen LogP contribution in [0.3, 0.4) is 0 Å².